The minimum Gasteiger partial charge on any atom is -0.490 e. The number of pyridine rings is 1. The maximum atomic E-state index is 13.6. The fraction of sp³-hybridized carbons (Fsp3) is 0.500. The van der Waals surface area contributed by atoms with E-state index in [2.05, 4.69) is 32.2 Å². The van der Waals surface area contributed by atoms with Gasteiger partial charge in [0.25, 0.3) is 0 Å². The Labute approximate surface area is 185 Å². The topological polar surface area (TPSA) is 57.3 Å². The molecule has 32 heavy (non-hydrogen) atoms. The molecule has 3 fully saturated rings. The van der Waals surface area contributed by atoms with E-state index in [0.29, 0.717) is 6.10 Å². The van der Waals surface area contributed by atoms with Crippen LogP contribution in [-0.4, -0.2) is 70.7 Å². The van der Waals surface area contributed by atoms with Crippen molar-refractivity contribution >= 4 is 16.7 Å². The summed E-state index contributed by atoms with van der Waals surface area (Å²) < 4.78 is 33.1. The maximum absolute atomic E-state index is 13.6. The van der Waals surface area contributed by atoms with E-state index in [1.807, 2.05) is 29.3 Å². The first-order valence-electron chi connectivity index (χ1n) is 11.5. The molecule has 0 spiro atoms. The molecule has 2 aliphatic heterocycles. The van der Waals surface area contributed by atoms with Crippen LogP contribution in [0, 0.1) is 0 Å². The number of hydrogen-bond donors (Lipinski definition) is 1. The zero-order chi connectivity index (χ0) is 21.7. The number of aromatic amines is 1. The number of piperidine rings is 1. The van der Waals surface area contributed by atoms with Crippen molar-refractivity contribution in [2.24, 2.45) is 0 Å². The normalized spacial score (nSPS) is 25.0. The molecular weight excluding hydrogens is 412 g/mol. The molecule has 0 radical (unpaired) electrons. The number of rotatable bonds is 5. The smallest absolute Gasteiger partial charge is 0.145 e. The Morgan fingerprint density at radius 1 is 0.969 bits per heavy atom. The molecule has 2 saturated heterocycles. The summed E-state index contributed by atoms with van der Waals surface area (Å²) in [5, 5.41) is 8.72. The molecule has 0 unspecified atom stereocenters. The zero-order valence-electron chi connectivity index (χ0n) is 17.9. The molecule has 4 heterocycles. The monoisotopic (exact) mass is 439 g/mol. The molecular formula is C24H27F2N5O. The van der Waals surface area contributed by atoms with E-state index in [1.54, 1.807) is 0 Å². The summed E-state index contributed by atoms with van der Waals surface area (Å²) in [6, 6.07) is 10.4. The number of aromatic nitrogens is 3. The zero-order valence-corrected chi connectivity index (χ0v) is 17.9. The molecule has 6 rings (SSSR count). The number of fused-ring (bicyclic) bond motifs is 1. The lowest BCUT2D eigenvalue weighted by Crippen LogP contribution is -2.44. The van der Waals surface area contributed by atoms with Gasteiger partial charge >= 0.3 is 0 Å². The quantitative estimate of drug-likeness (QED) is 0.648. The van der Waals surface area contributed by atoms with Gasteiger partial charge in [-0.15, -0.1) is 0 Å². The third-order valence-electron chi connectivity index (χ3n) is 6.90. The first-order chi connectivity index (χ1) is 15.6. The number of ether oxygens (including phenoxy) is 1. The number of H-pyrrole nitrogens is 1. The number of benzene rings is 1. The fourth-order valence-corrected chi connectivity index (χ4v) is 4.91. The Balaban J connectivity index is 1.19. The number of nitrogens with zero attached hydrogens (tertiary/aromatic N) is 4. The second-order valence-corrected chi connectivity index (χ2v) is 9.20. The van der Waals surface area contributed by atoms with E-state index in [9.17, 15) is 8.78 Å². The van der Waals surface area contributed by atoms with Gasteiger partial charge in [-0.1, -0.05) is 0 Å². The molecule has 8 heteroatoms. The minimum atomic E-state index is -1.34. The van der Waals surface area contributed by atoms with Gasteiger partial charge in [0, 0.05) is 49.4 Å². The molecule has 6 nitrogen and oxygen atoms in total. The van der Waals surface area contributed by atoms with Crippen LogP contribution in [-0.2, 0) is 0 Å². The highest BCUT2D eigenvalue weighted by atomic mass is 19.2. The van der Waals surface area contributed by atoms with Crippen molar-refractivity contribution < 1.29 is 13.5 Å². The number of nitrogens with one attached hydrogen (secondary N) is 1. The Hall–Kier alpha value is -2.74. The van der Waals surface area contributed by atoms with Crippen molar-refractivity contribution in [2.75, 3.05) is 31.1 Å². The average molecular weight is 440 g/mol. The van der Waals surface area contributed by atoms with Crippen molar-refractivity contribution in [1.29, 1.82) is 0 Å². The van der Waals surface area contributed by atoms with E-state index in [4.69, 9.17) is 4.74 Å². The predicted molar refractivity (Wildman–Crippen MR) is 120 cm³/mol. The fourth-order valence-electron chi connectivity index (χ4n) is 4.91. The van der Waals surface area contributed by atoms with Crippen LogP contribution in [0.15, 0.2) is 36.5 Å². The number of halogens is 2. The lowest BCUT2D eigenvalue weighted by Gasteiger charge is -2.37. The Bertz CT molecular complexity index is 1100. The van der Waals surface area contributed by atoms with Crippen LogP contribution in [0.1, 0.15) is 25.7 Å². The van der Waals surface area contributed by atoms with Gasteiger partial charge in [-0.25, -0.2) is 13.8 Å². The Morgan fingerprint density at radius 3 is 2.50 bits per heavy atom. The van der Waals surface area contributed by atoms with Crippen molar-refractivity contribution in [3.63, 3.8) is 0 Å². The van der Waals surface area contributed by atoms with Crippen LogP contribution in [0.5, 0.6) is 5.75 Å². The van der Waals surface area contributed by atoms with Gasteiger partial charge in [0.2, 0.25) is 0 Å². The molecule has 1 aromatic carbocycles. The molecule has 1 saturated carbocycles. The van der Waals surface area contributed by atoms with Gasteiger partial charge in [0.05, 0.1) is 11.6 Å². The summed E-state index contributed by atoms with van der Waals surface area (Å²) in [5.74, 6) is 1.79. The summed E-state index contributed by atoms with van der Waals surface area (Å²) in [6.45, 7) is 2.09. The van der Waals surface area contributed by atoms with Crippen molar-refractivity contribution in [1.82, 2.24) is 20.1 Å². The SMILES string of the molecule is F[C@@H]1CN(C2CCN(c3cc(-c4n[nH]c5ccc(OC6CC6)cc45)ccn3)CC2)C[C@H]1F. The number of hydrogen-bond acceptors (Lipinski definition) is 5. The van der Waals surface area contributed by atoms with Crippen LogP contribution in [0.25, 0.3) is 22.2 Å². The lowest BCUT2D eigenvalue weighted by atomic mass is 10.0. The van der Waals surface area contributed by atoms with Crippen LogP contribution < -0.4 is 9.64 Å². The molecule has 3 aliphatic rings. The average Bonchev–Trinajstić information content (AvgIpc) is 3.43. The standard InChI is InChI=1S/C24H27F2N5O/c25-20-13-31(14-21(20)26)16-6-9-30(10-7-16)23-11-15(5-8-27-23)24-19-12-18(32-17-1-2-17)3-4-22(19)28-29-24/h3-5,8,11-12,16-17,20-21H,1-2,6-7,9-10,13-14H2,(H,28,29)/t20-,21-/m1/s1. The highest BCUT2D eigenvalue weighted by molar-refractivity contribution is 5.94. The molecule has 168 valence electrons. The highest BCUT2D eigenvalue weighted by Gasteiger charge is 2.37. The van der Waals surface area contributed by atoms with Gasteiger partial charge in [0.15, 0.2) is 0 Å². The van der Waals surface area contributed by atoms with E-state index in [0.717, 1.165) is 72.5 Å². The van der Waals surface area contributed by atoms with Crippen molar-refractivity contribution in [2.45, 2.75) is 50.2 Å². The summed E-state index contributed by atoms with van der Waals surface area (Å²) in [5.41, 5.74) is 2.87. The molecule has 1 N–H and O–H groups in total. The predicted octanol–water partition coefficient (Wildman–Crippen LogP) is 4.13. The number of likely N-dealkylation sites (tertiary alicyclic amines) is 1. The summed E-state index contributed by atoms with van der Waals surface area (Å²) in [6.07, 6.45) is 3.52. The minimum absolute atomic E-state index is 0.220. The summed E-state index contributed by atoms with van der Waals surface area (Å²) in [7, 11) is 0. The molecule has 0 amide bonds. The largest absolute Gasteiger partial charge is 0.490 e. The Kier molecular flexibility index (Phi) is 4.97. The van der Waals surface area contributed by atoms with Crippen LogP contribution in [0.2, 0.25) is 0 Å². The van der Waals surface area contributed by atoms with Gasteiger partial charge in [-0.3, -0.25) is 10.00 Å². The first-order valence-corrected chi connectivity index (χ1v) is 11.5. The second-order valence-electron chi connectivity index (χ2n) is 9.20. The van der Waals surface area contributed by atoms with Crippen molar-refractivity contribution in [3.8, 4) is 17.0 Å². The number of anilines is 1. The van der Waals surface area contributed by atoms with Crippen LogP contribution in [0.4, 0.5) is 14.6 Å². The van der Waals surface area contributed by atoms with Gasteiger partial charge in [-0.2, -0.15) is 5.10 Å². The summed E-state index contributed by atoms with van der Waals surface area (Å²) >= 11 is 0. The maximum Gasteiger partial charge on any atom is 0.145 e. The second kappa shape index (κ2) is 7.99. The van der Waals surface area contributed by atoms with E-state index in [-0.39, 0.29) is 19.1 Å². The Morgan fingerprint density at radius 2 is 1.75 bits per heavy atom. The van der Waals surface area contributed by atoms with E-state index < -0.39 is 12.3 Å². The molecule has 1 aliphatic carbocycles. The van der Waals surface area contributed by atoms with Crippen LogP contribution in [0.3, 0.4) is 0 Å². The molecule has 3 aromatic rings. The first kappa shape index (κ1) is 19.9. The van der Waals surface area contributed by atoms with Gasteiger partial charge < -0.3 is 9.64 Å². The van der Waals surface area contributed by atoms with Crippen molar-refractivity contribution in [3.05, 3.63) is 36.5 Å². The summed E-state index contributed by atoms with van der Waals surface area (Å²) in [4.78, 5) is 8.83. The van der Waals surface area contributed by atoms with Crippen LogP contribution >= 0.6 is 0 Å². The number of alkyl halides is 2. The van der Waals surface area contributed by atoms with Gasteiger partial charge in [0.1, 0.15) is 29.6 Å². The van der Waals surface area contributed by atoms with E-state index >= 15 is 0 Å². The molecule has 2 atom stereocenters. The molecule has 2 aromatic heterocycles. The lowest BCUT2D eigenvalue weighted by molar-refractivity contribution is 0.190. The third-order valence-corrected chi connectivity index (χ3v) is 6.90. The van der Waals surface area contributed by atoms with E-state index in [1.165, 1.54) is 0 Å². The van der Waals surface area contributed by atoms with Gasteiger partial charge in [-0.05, 0) is 56.0 Å². The molecule has 0 bridgehead atoms. The highest BCUT2D eigenvalue weighted by Crippen LogP contribution is 2.34. The third kappa shape index (κ3) is 3.81.